The highest BCUT2D eigenvalue weighted by molar-refractivity contribution is 7.89. The summed E-state index contributed by atoms with van der Waals surface area (Å²) in [7, 11) is -2.60. The first-order valence-electron chi connectivity index (χ1n) is 46.6. The number of benzene rings is 6. The third-order valence-corrected chi connectivity index (χ3v) is 29.1. The third-order valence-electron chi connectivity index (χ3n) is 27.3. The van der Waals surface area contributed by atoms with Crippen LogP contribution in [0, 0.1) is 43.4 Å². The van der Waals surface area contributed by atoms with E-state index in [9.17, 15) is 63.7 Å². The summed E-state index contributed by atoms with van der Waals surface area (Å²) in [5, 5.41) is 127. The molecular formula is C96H122ClN13O26S. The number of aliphatic hydroxyl groups is 6. The molecule has 137 heavy (non-hydrogen) atoms. The number of aromatic hydroxyl groups is 2. The maximum Gasteiger partial charge on any atom is 0.321 e. The minimum absolute atomic E-state index is 0.0223. The molecule has 15 bridgehead atoms. The van der Waals surface area contributed by atoms with Crippen LogP contribution in [0.25, 0.3) is 11.1 Å². The van der Waals surface area contributed by atoms with Crippen molar-refractivity contribution in [3.63, 3.8) is 0 Å². The Labute approximate surface area is 796 Å². The molecule has 18 atom stereocenters. The summed E-state index contributed by atoms with van der Waals surface area (Å²) in [6, 6.07) is 5.00. The van der Waals surface area contributed by atoms with Crippen LogP contribution >= 0.6 is 11.6 Å². The van der Waals surface area contributed by atoms with Crippen molar-refractivity contribution in [2.45, 2.75) is 265 Å². The van der Waals surface area contributed by atoms with Crippen molar-refractivity contribution < 1.29 is 126 Å². The number of hydrogen-bond donors (Lipinski definition) is 21. The number of amides is 10. The Bertz CT molecular complexity index is 5630. The fraction of sp³-hybridized carbons (Fsp3) is 0.531. The lowest BCUT2D eigenvalue weighted by Gasteiger charge is -2.54. The number of likely N-dealkylation sites (N-methyl/N-ethyl adjacent to an activating group) is 1. The average Bonchev–Trinajstić information content (AvgIpc) is 1.35. The first kappa shape index (κ1) is 101. The number of nitrogens with two attached hydrogens (primary N) is 1. The monoisotopic (exact) mass is 1940 g/mol. The summed E-state index contributed by atoms with van der Waals surface area (Å²) in [4.78, 5) is 140. The quantitative estimate of drug-likeness (QED) is 0.0318. The molecule has 18 rings (SSSR count). The number of halogens is 1. The Hall–Kier alpha value is -10.9. The van der Waals surface area contributed by atoms with Crippen molar-refractivity contribution in [3.8, 4) is 57.1 Å². The van der Waals surface area contributed by atoms with E-state index in [1.165, 1.54) is 88.5 Å². The van der Waals surface area contributed by atoms with E-state index in [0.717, 1.165) is 75.6 Å². The van der Waals surface area contributed by atoms with Crippen LogP contribution in [-0.4, -0.2) is 227 Å². The normalized spacial score (nSPS) is 29.4. The fourth-order valence-electron chi connectivity index (χ4n) is 20.1. The van der Waals surface area contributed by atoms with E-state index in [-0.39, 0.29) is 123 Å². The minimum Gasteiger partial charge on any atom is -0.508 e. The number of phenols is 2. The van der Waals surface area contributed by atoms with Crippen LogP contribution in [0.1, 0.15) is 193 Å². The fourth-order valence-corrected chi connectivity index (χ4v) is 21.3. The standard InChI is InChI=1S/C96H122ClN13O26S/c1-9-10-11-26-130-56-17-19-57(20-18-56)137(128,129)101-25-24-100-41-60-45(5)73-58-34-49(12-21-64(58)112)75-89(122)110-79(93(126)108-77(59(73)38-65(60)113)91(124)105-74-52-30-47-29-48(32-52)33-53(74)31-47)81(116)51-14-23-67(61(97)35-51)133-69-37-54-36-68(84(69)136-94-85(83(118)82(117)70(42-111)134-94)135-72-40-96(7,98)86(119)46(6)131-72)132-66-22-13-50(28-44(66)4)80(115)78(109-87(120)62(99-8)27-43(2)3)92(125)103-63(88(121)106-76(54)90(123)107-75)39-71(114)104-95(127)102-55-15-16-55/h12-14,17-23,28,34-38,43,46-48,52-53,55,62-63,70,72,74-83,85-86,94,99-101,111-113,115-119H,9-11,15-16,24-27,29-33,39-42,98H2,1-8H3,(H,103,125)(H,105,124)(H,106,121)(H,107,123)(H,108,126)(H,109,120)(H,110,122)(H2,102,104,114,127)/t46-,47?,48?,52?,53?,62+,63-,70+,72-,74?,75+,76+,77-,78+,79-,80+,81+,82+,83-,85+,86+,94-,96-/m0/s1. The van der Waals surface area contributed by atoms with Crippen molar-refractivity contribution in [1.29, 1.82) is 0 Å². The number of rotatable bonds is 27. The van der Waals surface area contributed by atoms with Crippen molar-refractivity contribution >= 4 is 74.9 Å². The highest BCUT2D eigenvalue weighted by Crippen LogP contribution is 2.55. The molecule has 740 valence electrons. The molecule has 5 saturated carbocycles. The van der Waals surface area contributed by atoms with Crippen LogP contribution in [-0.2, 0) is 69.1 Å². The molecule has 7 fully saturated rings. The molecule has 41 heteroatoms. The van der Waals surface area contributed by atoms with Crippen LogP contribution in [0.4, 0.5) is 4.79 Å². The average molecular weight is 1940 g/mol. The molecule has 0 radical (unpaired) electrons. The number of ether oxygens (including phenoxy) is 7. The van der Waals surface area contributed by atoms with Gasteiger partial charge < -0.3 is 133 Å². The number of sulfonamides is 1. The van der Waals surface area contributed by atoms with Crippen LogP contribution in [0.15, 0.2) is 102 Å². The predicted octanol–water partition coefficient (Wildman–Crippen LogP) is 4.36. The number of carbonyl (C=O) groups is 9. The van der Waals surface area contributed by atoms with Gasteiger partial charge in [-0.2, -0.15) is 0 Å². The smallest absolute Gasteiger partial charge is 0.321 e. The first-order valence-corrected chi connectivity index (χ1v) is 48.5. The number of aryl methyl sites for hydroxylation is 1. The SMILES string of the molecule is CCCCCOc1ccc(S(=O)(=O)NCCNCc2c(O)cc3c(c2C)-c2cc(ccc2O)[C@H]2NC(=O)[C@@H]4NC(=O)[C@H](CC(=O)NC(=O)NC5CC5)NC(=O)[C@H](NC(=O)[C@@H](CC(C)C)NC)[C@H](O)c5ccc(c(C)c5)Oc5cc4cc(c5O[C@@H]4O[C@H](CO)[C@@H](O)[C@H](O)[C@H]4O[C@H]4C[C@](C)(N)[C@H](O)[C@H](C)O4)Oc4ccc(cc4Cl)[C@@H](O)[C@H](NC2=O)C(=O)N[C@@H]3C(=O)NC2C3CC4CC(C3)CC2C4)cc1. The Kier molecular flexibility index (Phi) is 31.1. The van der Waals surface area contributed by atoms with Gasteiger partial charge in [0.2, 0.25) is 69.3 Å². The molecule has 7 aliphatic heterocycles. The second-order valence-electron chi connectivity index (χ2n) is 38.1. The van der Waals surface area contributed by atoms with Crippen LogP contribution in [0.2, 0.25) is 5.02 Å². The van der Waals surface area contributed by atoms with Crippen LogP contribution in [0.3, 0.4) is 0 Å². The van der Waals surface area contributed by atoms with Crippen molar-refractivity contribution in [2.24, 2.45) is 35.3 Å². The molecule has 10 amide bonds. The Balaban J connectivity index is 0.899. The van der Waals surface area contributed by atoms with Crippen LogP contribution < -0.4 is 87.9 Å². The van der Waals surface area contributed by atoms with E-state index in [0.29, 0.717) is 37.0 Å². The summed E-state index contributed by atoms with van der Waals surface area (Å²) in [6.07, 6.45) is -10.4. The number of phenolic OH excluding ortho intramolecular Hbond substituents is 2. The summed E-state index contributed by atoms with van der Waals surface area (Å²) < 4.78 is 75.4. The number of carbonyl (C=O) groups excluding carboxylic acids is 9. The zero-order valence-corrected chi connectivity index (χ0v) is 78.7. The van der Waals surface area contributed by atoms with E-state index >= 15 is 28.8 Å². The summed E-state index contributed by atoms with van der Waals surface area (Å²) in [6.45, 7) is 10.9. The molecule has 0 aromatic heterocycles. The van der Waals surface area contributed by atoms with E-state index in [4.69, 9.17) is 50.5 Å². The van der Waals surface area contributed by atoms with Gasteiger partial charge in [-0.1, -0.05) is 63.4 Å². The summed E-state index contributed by atoms with van der Waals surface area (Å²) >= 11 is 7.38. The molecule has 2 saturated heterocycles. The lowest BCUT2D eigenvalue weighted by molar-refractivity contribution is -0.333. The van der Waals surface area contributed by atoms with Gasteiger partial charge in [0.05, 0.1) is 47.8 Å². The molecular weight excluding hydrogens is 1820 g/mol. The lowest BCUT2D eigenvalue weighted by atomic mass is 9.54. The van der Waals surface area contributed by atoms with Gasteiger partial charge in [-0.05, 0) is 245 Å². The van der Waals surface area contributed by atoms with Gasteiger partial charge in [0.1, 0.15) is 95.5 Å². The molecule has 39 nitrogen and oxygen atoms in total. The number of unbranched alkanes of at least 4 members (excludes halogenated alkanes) is 2. The maximum absolute atomic E-state index is 16.9. The number of aliphatic hydroxyl groups excluding tert-OH is 6. The number of imide groups is 1. The molecule has 22 N–H and O–H groups in total. The lowest BCUT2D eigenvalue weighted by Crippen LogP contribution is -2.64. The van der Waals surface area contributed by atoms with Gasteiger partial charge in [-0.25, -0.2) is 17.9 Å². The Morgan fingerprint density at radius 2 is 1.35 bits per heavy atom. The zero-order valence-electron chi connectivity index (χ0n) is 77.1. The number of hydrogen-bond acceptors (Lipinski definition) is 29. The van der Waals surface area contributed by atoms with Crippen molar-refractivity contribution in [3.05, 3.63) is 147 Å². The van der Waals surface area contributed by atoms with Crippen molar-refractivity contribution in [2.75, 3.05) is 33.4 Å². The van der Waals surface area contributed by atoms with Gasteiger partial charge in [0, 0.05) is 54.8 Å². The zero-order chi connectivity index (χ0) is 98.1. The largest absolute Gasteiger partial charge is 0.508 e. The van der Waals surface area contributed by atoms with Gasteiger partial charge in [-0.3, -0.25) is 43.7 Å². The molecule has 0 spiro atoms. The highest BCUT2D eigenvalue weighted by atomic mass is 35.5. The van der Waals surface area contributed by atoms with Gasteiger partial charge >= 0.3 is 6.03 Å². The number of fused-ring (bicyclic) bond motifs is 15. The number of urea groups is 1. The van der Waals surface area contributed by atoms with Gasteiger partial charge in [-0.15, -0.1) is 0 Å². The molecule has 0 unspecified atom stereocenters. The second-order valence-corrected chi connectivity index (χ2v) is 40.3. The van der Waals surface area contributed by atoms with E-state index in [1.807, 2.05) is 13.8 Å². The molecule has 12 aliphatic rings. The van der Waals surface area contributed by atoms with E-state index < -0.39 is 231 Å². The third kappa shape index (κ3) is 22.7. The predicted molar refractivity (Wildman–Crippen MR) is 492 cm³/mol. The minimum atomic E-state index is -4.10. The topological polar surface area (TPSA) is 585 Å². The Morgan fingerprint density at radius 3 is 2.00 bits per heavy atom. The van der Waals surface area contributed by atoms with Gasteiger partial charge in [0.25, 0.3) is 0 Å². The first-order chi connectivity index (χ1) is 65.2. The molecule has 5 aliphatic carbocycles. The van der Waals surface area contributed by atoms with E-state index in [2.05, 4.69) is 70.1 Å². The molecule has 6 aromatic rings. The van der Waals surface area contributed by atoms with Gasteiger partial charge in [0.15, 0.2) is 23.9 Å². The maximum atomic E-state index is 16.9. The van der Waals surface area contributed by atoms with Crippen LogP contribution in [0.5, 0.6) is 46.0 Å². The number of nitrogens with one attached hydrogen (secondary N) is 12. The van der Waals surface area contributed by atoms with Crippen molar-refractivity contribution in [1.82, 2.24) is 63.2 Å². The summed E-state index contributed by atoms with van der Waals surface area (Å²) in [5.74, 6) is -11.4. The molecule has 6 aromatic carbocycles. The Morgan fingerprint density at radius 1 is 0.693 bits per heavy atom. The summed E-state index contributed by atoms with van der Waals surface area (Å²) in [5.41, 5.74) is 4.35. The second kappa shape index (κ2) is 42.4. The highest BCUT2D eigenvalue weighted by Gasteiger charge is 2.54. The molecule has 7 heterocycles. The van der Waals surface area contributed by atoms with E-state index in [1.54, 1.807) is 19.1 Å².